The summed E-state index contributed by atoms with van der Waals surface area (Å²) in [5, 5.41) is 0. The van der Waals surface area contributed by atoms with Gasteiger partial charge in [0.1, 0.15) is 5.75 Å². The zero-order valence-electron chi connectivity index (χ0n) is 13.7. The summed E-state index contributed by atoms with van der Waals surface area (Å²) in [6.07, 6.45) is 0.744. The van der Waals surface area contributed by atoms with Crippen LogP contribution in [0.2, 0.25) is 0 Å². The molecule has 0 aromatic heterocycles. The second-order valence-electron chi connectivity index (χ2n) is 5.36. The highest BCUT2D eigenvalue weighted by atomic mass is 35.5. The summed E-state index contributed by atoms with van der Waals surface area (Å²) in [5.41, 5.74) is 9.07. The lowest BCUT2D eigenvalue weighted by atomic mass is 10.1. The van der Waals surface area contributed by atoms with Gasteiger partial charge in [0.15, 0.2) is 0 Å². The maximum atomic E-state index is 12.5. The molecule has 0 aliphatic rings. The summed E-state index contributed by atoms with van der Waals surface area (Å²) in [7, 11) is 3.46. The van der Waals surface area contributed by atoms with Crippen LogP contribution in [0.4, 0.5) is 5.69 Å². The number of rotatable bonds is 5. The van der Waals surface area contributed by atoms with Crippen molar-refractivity contribution in [2.45, 2.75) is 13.3 Å². The number of nitrogens with zero attached hydrogens (tertiary/aromatic N) is 1. The van der Waals surface area contributed by atoms with Crippen LogP contribution < -0.4 is 10.5 Å². The van der Waals surface area contributed by atoms with E-state index in [0.717, 1.165) is 23.3 Å². The quantitative estimate of drug-likeness (QED) is 0.853. The average molecular weight is 335 g/mol. The molecule has 5 heteroatoms. The normalized spacial score (nSPS) is 9.87. The summed E-state index contributed by atoms with van der Waals surface area (Å²) in [4.78, 5) is 14.2. The van der Waals surface area contributed by atoms with Crippen LogP contribution in [0.5, 0.6) is 5.75 Å². The van der Waals surface area contributed by atoms with Gasteiger partial charge in [-0.25, -0.2) is 0 Å². The Hall–Kier alpha value is -2.20. The molecule has 0 saturated heterocycles. The van der Waals surface area contributed by atoms with E-state index in [2.05, 4.69) is 0 Å². The Morgan fingerprint density at radius 3 is 2.61 bits per heavy atom. The van der Waals surface area contributed by atoms with Gasteiger partial charge in [-0.05, 0) is 42.7 Å². The third-order valence-electron chi connectivity index (χ3n) is 3.75. The van der Waals surface area contributed by atoms with Gasteiger partial charge in [0.25, 0.3) is 5.91 Å². The fourth-order valence-electron chi connectivity index (χ4n) is 2.37. The van der Waals surface area contributed by atoms with Crippen LogP contribution in [0.1, 0.15) is 21.5 Å². The number of methoxy groups -OCH3 is 1. The highest BCUT2D eigenvalue weighted by molar-refractivity contribution is 5.96. The van der Waals surface area contributed by atoms with Crippen molar-refractivity contribution < 1.29 is 9.53 Å². The summed E-state index contributed by atoms with van der Waals surface area (Å²) in [6, 6.07) is 13.3. The minimum Gasteiger partial charge on any atom is -0.496 e. The molecule has 0 bridgehead atoms. The Morgan fingerprint density at radius 2 is 1.91 bits per heavy atom. The molecule has 2 aromatic carbocycles. The first-order valence-corrected chi connectivity index (χ1v) is 7.26. The summed E-state index contributed by atoms with van der Waals surface area (Å²) in [6.45, 7) is 2.54. The molecule has 4 nitrogen and oxygen atoms in total. The van der Waals surface area contributed by atoms with Gasteiger partial charge in [-0.3, -0.25) is 4.79 Å². The van der Waals surface area contributed by atoms with Crippen LogP contribution in [0.3, 0.4) is 0 Å². The van der Waals surface area contributed by atoms with Crippen molar-refractivity contribution in [3.8, 4) is 5.75 Å². The van der Waals surface area contributed by atoms with Crippen molar-refractivity contribution in [2.75, 3.05) is 26.4 Å². The molecule has 2 N–H and O–H groups in total. The molecule has 0 aliphatic heterocycles. The van der Waals surface area contributed by atoms with Crippen LogP contribution >= 0.6 is 12.4 Å². The Kier molecular flexibility index (Phi) is 6.91. The number of carbonyl (C=O) groups excluding carboxylic acids is 1. The van der Waals surface area contributed by atoms with E-state index < -0.39 is 0 Å². The third kappa shape index (κ3) is 4.63. The number of ether oxygens (including phenoxy) is 1. The van der Waals surface area contributed by atoms with Gasteiger partial charge in [0.05, 0.1) is 7.11 Å². The van der Waals surface area contributed by atoms with E-state index >= 15 is 0 Å². The Bertz CT molecular complexity index is 674. The molecule has 0 fully saturated rings. The lowest BCUT2D eigenvalue weighted by molar-refractivity contribution is 0.0795. The highest BCUT2D eigenvalue weighted by Gasteiger charge is 2.15. The molecule has 23 heavy (non-hydrogen) atoms. The number of carbonyl (C=O) groups is 1. The first kappa shape index (κ1) is 18.8. The molecule has 0 unspecified atom stereocenters. The Balaban J connectivity index is 0.00000264. The van der Waals surface area contributed by atoms with E-state index in [1.807, 2.05) is 37.3 Å². The maximum absolute atomic E-state index is 12.5. The summed E-state index contributed by atoms with van der Waals surface area (Å²) in [5.74, 6) is 0.836. The molecule has 0 aliphatic carbocycles. The number of hydrogen-bond acceptors (Lipinski definition) is 3. The molecule has 0 saturated carbocycles. The third-order valence-corrected chi connectivity index (χ3v) is 3.75. The SMILES string of the molecule is COc1ccccc1CCN(C)C(=O)c1cc(N)ccc1C.Cl. The smallest absolute Gasteiger partial charge is 0.253 e. The topological polar surface area (TPSA) is 55.6 Å². The molecule has 0 spiro atoms. The minimum absolute atomic E-state index is 0. The number of anilines is 1. The zero-order chi connectivity index (χ0) is 16.1. The summed E-state index contributed by atoms with van der Waals surface area (Å²) < 4.78 is 5.34. The molecule has 0 atom stereocenters. The maximum Gasteiger partial charge on any atom is 0.253 e. The molecular formula is C18H23ClN2O2. The second kappa shape index (κ2) is 8.44. The van der Waals surface area contributed by atoms with E-state index in [1.54, 1.807) is 31.2 Å². The Labute approximate surface area is 143 Å². The number of aryl methyl sites for hydroxylation is 1. The van der Waals surface area contributed by atoms with E-state index in [1.165, 1.54) is 0 Å². The van der Waals surface area contributed by atoms with Gasteiger partial charge in [-0.1, -0.05) is 24.3 Å². The van der Waals surface area contributed by atoms with Gasteiger partial charge in [-0.2, -0.15) is 0 Å². The number of nitrogen functional groups attached to an aromatic ring is 1. The number of nitrogens with two attached hydrogens (primary N) is 1. The van der Waals surface area contributed by atoms with Crippen molar-refractivity contribution in [1.82, 2.24) is 4.90 Å². The lowest BCUT2D eigenvalue weighted by Crippen LogP contribution is -2.29. The molecule has 2 rings (SSSR count). The number of halogens is 1. The van der Waals surface area contributed by atoms with Crippen molar-refractivity contribution >= 4 is 24.0 Å². The predicted molar refractivity (Wildman–Crippen MR) is 96.5 cm³/mol. The van der Waals surface area contributed by atoms with E-state index in [9.17, 15) is 4.79 Å². The van der Waals surface area contributed by atoms with Crippen molar-refractivity contribution in [2.24, 2.45) is 0 Å². The number of likely N-dealkylation sites (N-methyl/N-ethyl adjacent to an activating group) is 1. The molecule has 1 amide bonds. The predicted octanol–water partition coefficient (Wildman–Crippen LogP) is 3.32. The molecule has 2 aromatic rings. The standard InChI is InChI=1S/C18H22N2O2.ClH/c1-13-8-9-15(19)12-16(13)18(21)20(2)11-10-14-6-4-5-7-17(14)22-3;/h4-9,12H,10-11,19H2,1-3H3;1H. The van der Waals surface area contributed by atoms with E-state index in [0.29, 0.717) is 17.8 Å². The number of amides is 1. The van der Waals surface area contributed by atoms with Gasteiger partial charge in [0.2, 0.25) is 0 Å². The van der Waals surface area contributed by atoms with Crippen molar-refractivity contribution in [3.05, 3.63) is 59.2 Å². The fraction of sp³-hybridized carbons (Fsp3) is 0.278. The largest absolute Gasteiger partial charge is 0.496 e. The average Bonchev–Trinajstić information content (AvgIpc) is 2.54. The molecule has 124 valence electrons. The highest BCUT2D eigenvalue weighted by Crippen LogP contribution is 2.19. The van der Waals surface area contributed by atoms with Crippen LogP contribution in [-0.2, 0) is 6.42 Å². The van der Waals surface area contributed by atoms with Crippen LogP contribution in [0.25, 0.3) is 0 Å². The van der Waals surface area contributed by atoms with Crippen LogP contribution in [0.15, 0.2) is 42.5 Å². The van der Waals surface area contributed by atoms with Crippen molar-refractivity contribution in [1.29, 1.82) is 0 Å². The summed E-state index contributed by atoms with van der Waals surface area (Å²) >= 11 is 0. The second-order valence-corrected chi connectivity index (χ2v) is 5.36. The Morgan fingerprint density at radius 1 is 1.22 bits per heavy atom. The van der Waals surface area contributed by atoms with E-state index in [4.69, 9.17) is 10.5 Å². The van der Waals surface area contributed by atoms with Crippen molar-refractivity contribution in [3.63, 3.8) is 0 Å². The first-order valence-electron chi connectivity index (χ1n) is 7.26. The number of para-hydroxylation sites is 1. The van der Waals surface area contributed by atoms with Gasteiger partial charge < -0.3 is 15.4 Å². The van der Waals surface area contributed by atoms with Crippen LogP contribution in [-0.4, -0.2) is 31.5 Å². The van der Waals surface area contributed by atoms with E-state index in [-0.39, 0.29) is 18.3 Å². The number of benzene rings is 2. The molecular weight excluding hydrogens is 312 g/mol. The lowest BCUT2D eigenvalue weighted by Gasteiger charge is -2.19. The fourth-order valence-corrected chi connectivity index (χ4v) is 2.37. The van der Waals surface area contributed by atoms with Gasteiger partial charge >= 0.3 is 0 Å². The van der Waals surface area contributed by atoms with Gasteiger partial charge in [-0.15, -0.1) is 12.4 Å². The van der Waals surface area contributed by atoms with Gasteiger partial charge in [0, 0.05) is 24.8 Å². The number of hydrogen-bond donors (Lipinski definition) is 1. The zero-order valence-corrected chi connectivity index (χ0v) is 14.5. The van der Waals surface area contributed by atoms with Crippen LogP contribution in [0, 0.1) is 6.92 Å². The first-order chi connectivity index (χ1) is 10.5. The monoisotopic (exact) mass is 334 g/mol. The molecule has 0 heterocycles. The molecule has 0 radical (unpaired) electrons. The minimum atomic E-state index is -0.0142.